The molecule has 1 aromatic heterocycles. The highest BCUT2D eigenvalue weighted by atomic mass is 16.5. The van der Waals surface area contributed by atoms with E-state index in [1.807, 2.05) is 61.2 Å². The van der Waals surface area contributed by atoms with Crippen molar-refractivity contribution in [2.45, 2.75) is 45.9 Å². The van der Waals surface area contributed by atoms with Crippen molar-refractivity contribution >= 4 is 11.9 Å². The molecule has 3 rings (SSSR count). The zero-order valence-corrected chi connectivity index (χ0v) is 17.8. The number of rotatable bonds is 8. The lowest BCUT2D eigenvalue weighted by Gasteiger charge is -2.18. The molecule has 1 fully saturated rings. The number of amides is 1. The van der Waals surface area contributed by atoms with E-state index < -0.39 is 0 Å². The Labute approximate surface area is 178 Å². The van der Waals surface area contributed by atoms with Crippen LogP contribution < -0.4 is 15.4 Å². The van der Waals surface area contributed by atoms with Crippen LogP contribution in [0.25, 0.3) is 0 Å². The lowest BCUT2D eigenvalue weighted by molar-refractivity contribution is -0.129. The minimum Gasteiger partial charge on any atom is -0.473 e. The second-order valence-corrected chi connectivity index (χ2v) is 7.30. The quantitative estimate of drug-likeness (QED) is 0.518. The number of carbonyl (C=O) groups is 1. The minimum absolute atomic E-state index is 0.209. The fourth-order valence-electron chi connectivity index (χ4n) is 3.37. The van der Waals surface area contributed by atoms with Crippen molar-refractivity contribution in [3.05, 3.63) is 59.8 Å². The molecule has 0 radical (unpaired) electrons. The van der Waals surface area contributed by atoms with Gasteiger partial charge in [0, 0.05) is 44.4 Å². The van der Waals surface area contributed by atoms with Crippen LogP contribution in [0.1, 0.15) is 37.8 Å². The van der Waals surface area contributed by atoms with Gasteiger partial charge in [-0.2, -0.15) is 0 Å². The van der Waals surface area contributed by atoms with Crippen molar-refractivity contribution in [3.63, 3.8) is 0 Å². The van der Waals surface area contributed by atoms with E-state index in [0.717, 1.165) is 43.1 Å². The summed E-state index contributed by atoms with van der Waals surface area (Å²) in [5.41, 5.74) is 2.13. The molecule has 1 unspecified atom stereocenters. The van der Waals surface area contributed by atoms with E-state index in [2.05, 4.69) is 15.6 Å². The molecular formula is C23H31N5O2. The number of hydrogen-bond acceptors (Lipinski definition) is 4. The molecule has 0 spiro atoms. The average molecular weight is 410 g/mol. The first kappa shape index (κ1) is 21.6. The number of aromatic nitrogens is 1. The van der Waals surface area contributed by atoms with Crippen molar-refractivity contribution in [1.82, 2.24) is 20.5 Å². The van der Waals surface area contributed by atoms with Crippen molar-refractivity contribution in [2.75, 3.05) is 19.6 Å². The van der Waals surface area contributed by atoms with Gasteiger partial charge in [0.1, 0.15) is 6.61 Å². The summed E-state index contributed by atoms with van der Waals surface area (Å²) >= 11 is 0. The molecule has 1 atom stereocenters. The Balaban J connectivity index is 1.56. The number of benzene rings is 1. The lowest BCUT2D eigenvalue weighted by atomic mass is 10.2. The summed E-state index contributed by atoms with van der Waals surface area (Å²) in [7, 11) is 0. The molecule has 1 aromatic carbocycles. The molecular weight excluding hydrogens is 378 g/mol. The average Bonchev–Trinajstić information content (AvgIpc) is 3.25. The van der Waals surface area contributed by atoms with Crippen LogP contribution in [-0.2, 0) is 17.9 Å². The standard InChI is InChI=1S/C23H31N5O2/c1-3-22(29)28-13-11-20(16-28)27-23(24-4-2)26-15-19-10-12-25-21(14-19)30-17-18-8-6-5-7-9-18/h5-10,12,14,20H,3-4,11,13,15-17H2,1-2H3,(H2,24,26,27). The van der Waals surface area contributed by atoms with Crippen LogP contribution in [0, 0.1) is 0 Å². The first-order valence-electron chi connectivity index (χ1n) is 10.6. The van der Waals surface area contributed by atoms with E-state index >= 15 is 0 Å². The Morgan fingerprint density at radius 3 is 2.83 bits per heavy atom. The predicted molar refractivity (Wildman–Crippen MR) is 118 cm³/mol. The Morgan fingerprint density at radius 1 is 1.23 bits per heavy atom. The van der Waals surface area contributed by atoms with Gasteiger partial charge in [0.25, 0.3) is 0 Å². The van der Waals surface area contributed by atoms with Crippen molar-refractivity contribution < 1.29 is 9.53 Å². The molecule has 1 aliphatic heterocycles. The molecule has 7 heteroatoms. The van der Waals surface area contributed by atoms with Gasteiger partial charge >= 0.3 is 0 Å². The largest absolute Gasteiger partial charge is 0.473 e. The topological polar surface area (TPSA) is 78.9 Å². The molecule has 1 aliphatic rings. The third-order valence-electron chi connectivity index (χ3n) is 4.98. The minimum atomic E-state index is 0.209. The second-order valence-electron chi connectivity index (χ2n) is 7.30. The van der Waals surface area contributed by atoms with E-state index in [4.69, 9.17) is 9.73 Å². The molecule has 160 valence electrons. The van der Waals surface area contributed by atoms with E-state index in [0.29, 0.717) is 25.5 Å². The number of guanidine groups is 1. The number of carbonyl (C=O) groups excluding carboxylic acids is 1. The summed E-state index contributed by atoms with van der Waals surface area (Å²) in [5, 5.41) is 6.74. The second kappa shape index (κ2) is 11.2. The van der Waals surface area contributed by atoms with Gasteiger partial charge in [0.05, 0.1) is 6.54 Å². The Morgan fingerprint density at radius 2 is 2.07 bits per heavy atom. The lowest BCUT2D eigenvalue weighted by Crippen LogP contribution is -2.45. The zero-order chi connectivity index (χ0) is 21.2. The van der Waals surface area contributed by atoms with Gasteiger partial charge in [-0.05, 0) is 30.5 Å². The SMILES string of the molecule is CCNC(=NCc1ccnc(OCc2ccccc2)c1)NC1CCN(C(=O)CC)C1. The molecule has 1 amide bonds. The maximum Gasteiger partial charge on any atom is 0.222 e. The summed E-state index contributed by atoms with van der Waals surface area (Å²) in [4.78, 5) is 22.8. The van der Waals surface area contributed by atoms with Gasteiger partial charge in [-0.1, -0.05) is 37.3 Å². The van der Waals surface area contributed by atoms with Crippen LogP contribution in [0.5, 0.6) is 5.88 Å². The van der Waals surface area contributed by atoms with E-state index in [1.54, 1.807) is 6.20 Å². The first-order valence-corrected chi connectivity index (χ1v) is 10.6. The molecule has 0 saturated carbocycles. The van der Waals surface area contributed by atoms with Gasteiger partial charge < -0.3 is 20.3 Å². The zero-order valence-electron chi connectivity index (χ0n) is 17.8. The number of pyridine rings is 1. The highest BCUT2D eigenvalue weighted by Crippen LogP contribution is 2.13. The number of ether oxygens (including phenoxy) is 1. The van der Waals surface area contributed by atoms with Crippen molar-refractivity contribution in [2.24, 2.45) is 4.99 Å². The Kier molecular flexibility index (Phi) is 8.06. The fourth-order valence-corrected chi connectivity index (χ4v) is 3.37. The van der Waals surface area contributed by atoms with Gasteiger partial charge in [-0.3, -0.25) is 4.79 Å². The van der Waals surface area contributed by atoms with E-state index in [1.165, 1.54) is 0 Å². The maximum atomic E-state index is 11.9. The number of hydrogen-bond donors (Lipinski definition) is 2. The molecule has 30 heavy (non-hydrogen) atoms. The molecule has 2 heterocycles. The predicted octanol–water partition coefficient (Wildman–Crippen LogP) is 2.73. The highest BCUT2D eigenvalue weighted by Gasteiger charge is 2.25. The molecule has 2 aromatic rings. The van der Waals surface area contributed by atoms with Crippen LogP contribution in [0.15, 0.2) is 53.7 Å². The van der Waals surface area contributed by atoms with E-state index in [-0.39, 0.29) is 11.9 Å². The molecule has 2 N–H and O–H groups in total. The van der Waals surface area contributed by atoms with E-state index in [9.17, 15) is 4.79 Å². The van der Waals surface area contributed by atoms with Gasteiger partial charge in [-0.15, -0.1) is 0 Å². The van der Waals surface area contributed by atoms with Crippen molar-refractivity contribution in [1.29, 1.82) is 0 Å². The number of aliphatic imine (C=N–C) groups is 1. The Hall–Kier alpha value is -3.09. The molecule has 1 saturated heterocycles. The normalized spacial score (nSPS) is 16.4. The fraction of sp³-hybridized carbons (Fsp3) is 0.435. The van der Waals surface area contributed by atoms with Crippen LogP contribution in [-0.4, -0.2) is 47.4 Å². The maximum absolute atomic E-state index is 11.9. The highest BCUT2D eigenvalue weighted by molar-refractivity contribution is 5.80. The van der Waals surface area contributed by atoms with Gasteiger partial charge in [-0.25, -0.2) is 9.98 Å². The third kappa shape index (κ3) is 6.47. The number of nitrogens with zero attached hydrogens (tertiary/aromatic N) is 3. The molecule has 7 nitrogen and oxygen atoms in total. The molecule has 0 bridgehead atoms. The molecule has 0 aliphatic carbocycles. The number of likely N-dealkylation sites (tertiary alicyclic amines) is 1. The monoisotopic (exact) mass is 409 g/mol. The van der Waals surface area contributed by atoms with Crippen LogP contribution in [0.4, 0.5) is 0 Å². The summed E-state index contributed by atoms with van der Waals surface area (Å²) in [5.74, 6) is 1.56. The van der Waals surface area contributed by atoms with Gasteiger partial charge in [0.2, 0.25) is 11.8 Å². The Bertz CT molecular complexity index is 840. The first-order chi connectivity index (χ1) is 14.7. The smallest absolute Gasteiger partial charge is 0.222 e. The third-order valence-corrected chi connectivity index (χ3v) is 4.98. The van der Waals surface area contributed by atoms with Gasteiger partial charge in [0.15, 0.2) is 5.96 Å². The number of nitrogens with one attached hydrogen (secondary N) is 2. The summed E-state index contributed by atoms with van der Waals surface area (Å²) < 4.78 is 5.81. The van der Waals surface area contributed by atoms with Crippen molar-refractivity contribution in [3.8, 4) is 5.88 Å². The van der Waals surface area contributed by atoms with Crippen LogP contribution in [0.3, 0.4) is 0 Å². The summed E-state index contributed by atoms with van der Waals surface area (Å²) in [6, 6.07) is 14.1. The van der Waals surface area contributed by atoms with Crippen LogP contribution in [0.2, 0.25) is 0 Å². The van der Waals surface area contributed by atoms with Crippen LogP contribution >= 0.6 is 0 Å². The summed E-state index contributed by atoms with van der Waals surface area (Å²) in [6.07, 6.45) is 3.23. The summed E-state index contributed by atoms with van der Waals surface area (Å²) in [6.45, 7) is 7.25.